The third-order valence-electron chi connectivity index (χ3n) is 2.86. The second kappa shape index (κ2) is 37.2. The van der Waals surface area contributed by atoms with Gasteiger partial charge < -0.3 is 42.6 Å². The minimum absolute atomic E-state index is 0. The molecule has 0 heterocycles. The summed E-state index contributed by atoms with van der Waals surface area (Å²) < 4.78 is 1.54. The molecule has 0 aromatic heterocycles. The van der Waals surface area contributed by atoms with Gasteiger partial charge in [0.2, 0.25) is 0 Å². The van der Waals surface area contributed by atoms with Gasteiger partial charge in [0, 0.05) is 6.92 Å². The Hall–Kier alpha value is 1.43. The summed E-state index contributed by atoms with van der Waals surface area (Å²) in [5, 5.41) is 0. The first-order valence-corrected chi connectivity index (χ1v) is 6.08. The number of halogens is 1. The van der Waals surface area contributed by atoms with E-state index in [0.717, 1.165) is 22.1 Å². The average molecular weight is 427 g/mol. The van der Waals surface area contributed by atoms with Crippen LogP contribution in [0.1, 0.15) is 43.1 Å². The first kappa shape index (κ1) is 71.0. The van der Waals surface area contributed by atoms with Gasteiger partial charge in [0.15, 0.2) is 5.78 Å². The van der Waals surface area contributed by atoms with Crippen molar-refractivity contribution in [3.63, 3.8) is 0 Å². The van der Waals surface area contributed by atoms with Gasteiger partial charge in [-0.1, -0.05) is 22.3 Å². The number of carbonyl (C=O) groups is 1. The zero-order chi connectivity index (χ0) is 14.1. The van der Waals surface area contributed by atoms with E-state index in [1.807, 2.05) is 20.4 Å². The Morgan fingerprint density at radius 1 is 0.846 bits per heavy atom. The van der Waals surface area contributed by atoms with Gasteiger partial charge in [-0.3, -0.25) is 4.79 Å². The Morgan fingerprint density at radius 3 is 1.19 bits per heavy atom. The molecule has 0 aliphatic rings. The maximum absolute atomic E-state index is 10.6. The minimum Gasteiger partial charge on any atom is -1.00 e. The van der Waals surface area contributed by atoms with Gasteiger partial charge in [0.1, 0.15) is 6.54 Å². The molecule has 0 saturated carbocycles. The number of likely N-dealkylation sites (N-methyl/N-ethyl adjacent to an activating group) is 2. The van der Waals surface area contributed by atoms with Gasteiger partial charge in [-0.05, 0) is 20.4 Å². The molecule has 10 heteroatoms. The maximum atomic E-state index is 10.6. The van der Waals surface area contributed by atoms with E-state index in [-0.39, 0.29) is 116 Å². The predicted octanol–water partition coefficient (Wildman–Crippen LogP) is -7.39. The summed E-state index contributed by atoms with van der Waals surface area (Å²) in [6.45, 7) is 8.91. The van der Waals surface area contributed by atoms with Crippen LogP contribution in [-0.2, 0) is 9.59 Å². The Balaban J connectivity index is -0.0000000143. The Bertz CT molecular complexity index is 261. The second-order valence-corrected chi connectivity index (χ2v) is 5.67. The van der Waals surface area contributed by atoms with Gasteiger partial charge in [-0.25, -0.2) is 6.29 Å². The van der Waals surface area contributed by atoms with Gasteiger partial charge >= 0.3 is 59.1 Å². The first-order chi connectivity index (χ1) is 7.60. The molecule has 0 rings (SSSR count). The number of quaternary nitrogens is 2. The Labute approximate surface area is 214 Å². The number of nitrogens with zero attached hydrogens (tertiary/aromatic N) is 2. The molecule has 0 amide bonds. The molecule has 0 saturated heterocycles. The summed E-state index contributed by atoms with van der Waals surface area (Å²) in [6.07, 6.45) is 1.88. The molecule has 158 valence electrons. The zero-order valence-electron chi connectivity index (χ0n) is 16.3. The number of ketones is 1. The van der Waals surface area contributed by atoms with E-state index in [9.17, 15) is 9.59 Å². The Kier molecular flexibility index (Phi) is 102. The number of carbonyl (C=O) groups excluding carboxylic acids is 2. The number of hydrogen-bond acceptors (Lipinski definition) is 4. The monoisotopic (exact) mass is 426 g/mol. The van der Waals surface area contributed by atoms with Crippen LogP contribution in [0.3, 0.4) is 0 Å². The molecule has 0 aliphatic carbocycles. The normalized spacial score (nSPS) is 7.50. The molecular weight excluding hydrogens is 382 g/mol. The van der Waals surface area contributed by atoms with Crippen molar-refractivity contribution < 1.29 is 107 Å². The molecule has 0 atom stereocenters. The molecular formula is C16H45ClN2Na2O5. The van der Waals surface area contributed by atoms with E-state index in [0.29, 0.717) is 13.1 Å². The van der Waals surface area contributed by atoms with Crippen molar-refractivity contribution in [2.24, 2.45) is 0 Å². The third-order valence-corrected chi connectivity index (χ3v) is 2.86. The summed E-state index contributed by atoms with van der Waals surface area (Å²) in [7, 11) is 8.12. The van der Waals surface area contributed by atoms with Crippen molar-refractivity contribution >= 4 is 12.1 Å². The van der Waals surface area contributed by atoms with Gasteiger partial charge in [0.05, 0.1) is 41.3 Å². The summed E-state index contributed by atoms with van der Waals surface area (Å²) in [5.41, 5.74) is 0. The van der Waals surface area contributed by atoms with Crippen molar-refractivity contribution in [2.75, 3.05) is 54.4 Å². The fourth-order valence-electron chi connectivity index (χ4n) is 1.00. The van der Waals surface area contributed by atoms with Crippen LogP contribution in [-0.4, -0.2) is 91.8 Å². The van der Waals surface area contributed by atoms with Crippen molar-refractivity contribution in [2.45, 2.75) is 43.1 Å². The molecule has 0 aromatic carbocycles. The number of Topliss-reactive ketones (excluding diaryl/α,β-unsaturated/α-hetero) is 1. The Morgan fingerprint density at radius 2 is 1.12 bits per heavy atom. The van der Waals surface area contributed by atoms with Crippen LogP contribution in [0.15, 0.2) is 0 Å². The quantitative estimate of drug-likeness (QED) is 0.237. The first-order valence-electron chi connectivity index (χ1n) is 6.08. The summed E-state index contributed by atoms with van der Waals surface area (Å²) in [6, 6.07) is 0. The van der Waals surface area contributed by atoms with Crippen molar-refractivity contribution in [3.8, 4) is 0 Å². The maximum Gasteiger partial charge on any atom is 1.00 e. The smallest absolute Gasteiger partial charge is 1.00 e. The van der Waals surface area contributed by atoms with E-state index in [1.54, 1.807) is 6.92 Å². The van der Waals surface area contributed by atoms with Crippen LogP contribution in [0.25, 0.3) is 0 Å². The molecule has 7 nitrogen and oxygen atoms in total. The van der Waals surface area contributed by atoms with E-state index in [4.69, 9.17) is 0 Å². The van der Waals surface area contributed by atoms with Gasteiger partial charge in [-0.15, -0.1) is 0 Å². The zero-order valence-corrected chi connectivity index (χ0v) is 21.1. The third kappa shape index (κ3) is 56.2. The SMILES string of the molecule is C.C.C.CC[N+](C)(C)CC(C)=O.CC[N+](C)(C)C[C-]=O.O.[Cl-].[Na+].[Na+].[OH-].[OH-]. The van der Waals surface area contributed by atoms with Crippen LogP contribution in [0.2, 0.25) is 0 Å². The summed E-state index contributed by atoms with van der Waals surface area (Å²) in [5.74, 6) is 0.266. The second-order valence-electron chi connectivity index (χ2n) is 5.67. The number of rotatable bonds is 6. The van der Waals surface area contributed by atoms with Crippen LogP contribution in [0, 0.1) is 0 Å². The summed E-state index contributed by atoms with van der Waals surface area (Å²) in [4.78, 5) is 20.4. The topological polar surface area (TPSA) is 126 Å². The summed E-state index contributed by atoms with van der Waals surface area (Å²) >= 11 is 0. The van der Waals surface area contributed by atoms with Crippen LogP contribution in [0.4, 0.5) is 0 Å². The molecule has 0 aliphatic heterocycles. The minimum atomic E-state index is 0. The van der Waals surface area contributed by atoms with Crippen molar-refractivity contribution in [1.82, 2.24) is 0 Å². The average Bonchev–Trinajstić information content (AvgIpc) is 2.17. The van der Waals surface area contributed by atoms with Gasteiger partial charge in [-0.2, -0.15) is 0 Å². The van der Waals surface area contributed by atoms with Crippen molar-refractivity contribution in [1.29, 1.82) is 0 Å². The van der Waals surface area contributed by atoms with E-state index >= 15 is 0 Å². The largest absolute Gasteiger partial charge is 1.00 e. The molecule has 0 fully saturated rings. The van der Waals surface area contributed by atoms with Gasteiger partial charge in [0.25, 0.3) is 0 Å². The molecule has 26 heavy (non-hydrogen) atoms. The fraction of sp³-hybridized carbons (Fsp3) is 0.875. The van der Waals surface area contributed by atoms with Crippen molar-refractivity contribution in [3.05, 3.63) is 0 Å². The molecule has 0 unspecified atom stereocenters. The van der Waals surface area contributed by atoms with E-state index in [2.05, 4.69) is 27.9 Å². The standard InChI is InChI=1S/C7H16NO.C6H13NO.3CH4.ClH.2Na.3H2O/c1-5-8(3,4)6-7(2)9;1-4-7(2,3)5-6-8;;;;;;;;;/h5-6H2,1-4H3;4-5H2,1-3H3;3*1H4;1H;;;3*1H2/q+1;;;;;;2*+1;;;/p-3. The molecule has 0 bridgehead atoms. The number of hydrogen-bond donors (Lipinski definition) is 0. The van der Waals surface area contributed by atoms with E-state index < -0.39 is 0 Å². The predicted molar refractivity (Wildman–Crippen MR) is 99.1 cm³/mol. The molecule has 4 N–H and O–H groups in total. The molecule has 0 aromatic rings. The van der Waals surface area contributed by atoms with Crippen LogP contribution >= 0.6 is 0 Å². The van der Waals surface area contributed by atoms with Crippen LogP contribution in [0.5, 0.6) is 0 Å². The molecule has 0 spiro atoms. The van der Waals surface area contributed by atoms with E-state index in [1.165, 1.54) is 0 Å². The van der Waals surface area contributed by atoms with Crippen LogP contribution < -0.4 is 71.5 Å². The fourth-order valence-corrected chi connectivity index (χ4v) is 1.00. The molecule has 0 radical (unpaired) electrons.